The molecule has 1 heterocycles. The van der Waals surface area contributed by atoms with E-state index in [4.69, 9.17) is 5.11 Å². The van der Waals surface area contributed by atoms with Crippen LogP contribution in [0.1, 0.15) is 4.88 Å². The van der Waals surface area contributed by atoms with Crippen molar-refractivity contribution in [2.24, 2.45) is 0 Å². The van der Waals surface area contributed by atoms with Crippen molar-refractivity contribution in [2.45, 2.75) is 5.92 Å². The molecule has 0 radical (unpaired) electrons. The number of carbonyl (C=O) groups excluding carboxylic acids is 1. The molecule has 16 heavy (non-hydrogen) atoms. The molecule has 88 valence electrons. The van der Waals surface area contributed by atoms with Crippen LogP contribution in [-0.4, -0.2) is 30.1 Å². The van der Waals surface area contributed by atoms with E-state index in [1.807, 2.05) is 16.8 Å². The molecule has 0 saturated heterocycles. The molecule has 6 heteroatoms. The van der Waals surface area contributed by atoms with E-state index >= 15 is 0 Å². The summed E-state index contributed by atoms with van der Waals surface area (Å²) >= 11 is 1.44. The van der Waals surface area contributed by atoms with Gasteiger partial charge in [-0.2, -0.15) is 0 Å². The molecule has 0 spiro atoms. The maximum absolute atomic E-state index is 12.5. The van der Waals surface area contributed by atoms with E-state index in [2.05, 4.69) is 0 Å². The van der Waals surface area contributed by atoms with Crippen LogP contribution in [0.25, 0.3) is 6.08 Å². The van der Waals surface area contributed by atoms with Gasteiger partial charge < -0.3 is 10.4 Å². The van der Waals surface area contributed by atoms with Gasteiger partial charge >= 0.3 is 0 Å². The second-order valence-electron chi connectivity index (χ2n) is 3.08. The average molecular weight is 247 g/mol. The van der Waals surface area contributed by atoms with Gasteiger partial charge in [-0.25, -0.2) is 8.78 Å². The molecular weight excluding hydrogens is 236 g/mol. The zero-order valence-electron chi connectivity index (χ0n) is 8.32. The van der Waals surface area contributed by atoms with E-state index in [-0.39, 0.29) is 0 Å². The Labute approximate surface area is 95.4 Å². The fraction of sp³-hybridized carbons (Fsp3) is 0.300. The van der Waals surface area contributed by atoms with Crippen LogP contribution in [0.3, 0.4) is 0 Å². The zero-order valence-corrected chi connectivity index (χ0v) is 9.14. The quantitative estimate of drug-likeness (QED) is 0.775. The van der Waals surface area contributed by atoms with E-state index in [9.17, 15) is 13.6 Å². The van der Waals surface area contributed by atoms with E-state index < -0.39 is 25.0 Å². The summed E-state index contributed by atoms with van der Waals surface area (Å²) < 4.78 is 25.1. The van der Waals surface area contributed by atoms with Gasteiger partial charge in [0.05, 0.1) is 6.54 Å². The summed E-state index contributed by atoms with van der Waals surface area (Å²) in [7, 11) is 0. The first-order valence-corrected chi connectivity index (χ1v) is 5.39. The van der Waals surface area contributed by atoms with Gasteiger partial charge in [0.2, 0.25) is 5.91 Å². The molecule has 0 aliphatic carbocycles. The molecule has 1 aromatic heterocycles. The van der Waals surface area contributed by atoms with Crippen LogP contribution in [0.4, 0.5) is 8.78 Å². The summed E-state index contributed by atoms with van der Waals surface area (Å²) in [6.07, 6.45) is 2.72. The molecule has 0 aromatic carbocycles. The number of rotatable bonds is 5. The van der Waals surface area contributed by atoms with Crippen LogP contribution < -0.4 is 5.32 Å². The number of halogens is 2. The van der Waals surface area contributed by atoms with Gasteiger partial charge in [-0.15, -0.1) is 11.3 Å². The van der Waals surface area contributed by atoms with E-state index in [0.717, 1.165) is 4.88 Å². The van der Waals surface area contributed by atoms with Gasteiger partial charge in [0.15, 0.2) is 0 Å². The number of alkyl halides is 2. The monoisotopic (exact) mass is 247 g/mol. The van der Waals surface area contributed by atoms with Gasteiger partial charge in [0, 0.05) is 11.0 Å². The fourth-order valence-electron chi connectivity index (χ4n) is 0.875. The molecule has 2 N–H and O–H groups in total. The normalized spacial score (nSPS) is 11.9. The molecule has 0 atom stereocenters. The van der Waals surface area contributed by atoms with Crippen molar-refractivity contribution in [2.75, 3.05) is 13.2 Å². The number of amides is 1. The topological polar surface area (TPSA) is 49.3 Å². The molecule has 0 saturated carbocycles. The highest BCUT2D eigenvalue weighted by Gasteiger charge is 2.27. The summed E-state index contributed by atoms with van der Waals surface area (Å²) in [6, 6.07) is 3.62. The van der Waals surface area contributed by atoms with Crippen molar-refractivity contribution in [1.29, 1.82) is 0 Å². The largest absolute Gasteiger partial charge is 0.390 e. The van der Waals surface area contributed by atoms with Crippen LogP contribution in [0.5, 0.6) is 0 Å². The molecule has 0 unspecified atom stereocenters. The molecule has 0 aliphatic heterocycles. The molecule has 0 aliphatic rings. The van der Waals surface area contributed by atoms with Gasteiger partial charge in [-0.1, -0.05) is 6.07 Å². The first-order chi connectivity index (χ1) is 7.53. The molecule has 0 bridgehead atoms. The van der Waals surface area contributed by atoms with Crippen LogP contribution in [0.15, 0.2) is 23.6 Å². The van der Waals surface area contributed by atoms with E-state index in [1.54, 1.807) is 6.07 Å². The summed E-state index contributed by atoms with van der Waals surface area (Å²) in [4.78, 5) is 12.0. The van der Waals surface area contributed by atoms with Gasteiger partial charge in [0.25, 0.3) is 5.92 Å². The third kappa shape index (κ3) is 4.50. The van der Waals surface area contributed by atoms with Gasteiger partial charge in [0.1, 0.15) is 6.61 Å². The van der Waals surface area contributed by atoms with Gasteiger partial charge in [-0.3, -0.25) is 4.79 Å². The summed E-state index contributed by atoms with van der Waals surface area (Å²) in [5, 5.41) is 12.1. The van der Waals surface area contributed by atoms with Crippen molar-refractivity contribution in [3.8, 4) is 0 Å². The summed E-state index contributed by atoms with van der Waals surface area (Å²) in [5.41, 5.74) is 0. The summed E-state index contributed by atoms with van der Waals surface area (Å²) in [5.74, 6) is -3.88. The average Bonchev–Trinajstić information content (AvgIpc) is 2.76. The number of carbonyl (C=O) groups is 1. The highest BCUT2D eigenvalue weighted by molar-refractivity contribution is 7.10. The van der Waals surface area contributed by atoms with Crippen molar-refractivity contribution >= 4 is 23.3 Å². The molecule has 1 rings (SSSR count). The minimum Gasteiger partial charge on any atom is -0.390 e. The fourth-order valence-corrected chi connectivity index (χ4v) is 1.49. The number of hydrogen-bond donors (Lipinski definition) is 2. The zero-order chi connectivity index (χ0) is 12.0. The second kappa shape index (κ2) is 5.72. The minimum atomic E-state index is -3.27. The maximum atomic E-state index is 12.5. The summed E-state index contributed by atoms with van der Waals surface area (Å²) in [6.45, 7) is -2.14. The van der Waals surface area contributed by atoms with Gasteiger partial charge in [-0.05, 0) is 17.5 Å². The van der Waals surface area contributed by atoms with Crippen LogP contribution in [0.2, 0.25) is 0 Å². The number of thiophene rings is 1. The van der Waals surface area contributed by atoms with Crippen LogP contribution in [-0.2, 0) is 4.79 Å². The lowest BCUT2D eigenvalue weighted by molar-refractivity contribution is -0.119. The Hall–Kier alpha value is -1.27. The Morgan fingerprint density at radius 2 is 2.38 bits per heavy atom. The number of aliphatic hydroxyl groups excluding tert-OH is 1. The predicted molar refractivity (Wildman–Crippen MR) is 58.4 cm³/mol. The predicted octanol–water partition coefficient (Wildman–Crippen LogP) is 1.51. The van der Waals surface area contributed by atoms with Crippen molar-refractivity contribution in [1.82, 2.24) is 5.32 Å². The Morgan fingerprint density at radius 1 is 1.62 bits per heavy atom. The highest BCUT2D eigenvalue weighted by atomic mass is 32.1. The SMILES string of the molecule is O=C(/C=C/c1cccs1)NCC(F)(F)CO. The lowest BCUT2D eigenvalue weighted by Gasteiger charge is -2.12. The smallest absolute Gasteiger partial charge is 0.287 e. The number of nitrogens with one attached hydrogen (secondary N) is 1. The Balaban J connectivity index is 2.37. The lowest BCUT2D eigenvalue weighted by atomic mass is 10.3. The first-order valence-electron chi connectivity index (χ1n) is 4.51. The molecule has 1 aromatic rings. The number of aliphatic hydroxyl groups is 1. The van der Waals surface area contributed by atoms with Crippen LogP contribution in [0, 0.1) is 0 Å². The van der Waals surface area contributed by atoms with E-state index in [1.165, 1.54) is 23.5 Å². The minimum absolute atomic E-state index is 0.610. The highest BCUT2D eigenvalue weighted by Crippen LogP contribution is 2.11. The van der Waals surface area contributed by atoms with Crippen LogP contribution >= 0.6 is 11.3 Å². The molecule has 1 amide bonds. The third-order valence-corrected chi connectivity index (χ3v) is 2.53. The Morgan fingerprint density at radius 3 is 2.94 bits per heavy atom. The lowest BCUT2D eigenvalue weighted by Crippen LogP contribution is -2.38. The maximum Gasteiger partial charge on any atom is 0.287 e. The molecule has 0 fully saturated rings. The van der Waals surface area contributed by atoms with E-state index in [0.29, 0.717) is 0 Å². The Bertz CT molecular complexity index is 363. The number of hydrogen-bond acceptors (Lipinski definition) is 3. The standard InChI is InChI=1S/C10H11F2NO2S/c11-10(12,7-14)6-13-9(15)4-3-8-2-1-5-16-8/h1-5,14H,6-7H2,(H,13,15)/b4-3+. The molecule has 3 nitrogen and oxygen atoms in total. The first kappa shape index (κ1) is 12.8. The van der Waals surface area contributed by atoms with Crippen molar-refractivity contribution in [3.63, 3.8) is 0 Å². The second-order valence-corrected chi connectivity index (χ2v) is 4.06. The van der Waals surface area contributed by atoms with Crippen molar-refractivity contribution < 1.29 is 18.7 Å². The third-order valence-electron chi connectivity index (χ3n) is 1.69. The Kier molecular flexibility index (Phi) is 4.57. The van der Waals surface area contributed by atoms with Crippen molar-refractivity contribution in [3.05, 3.63) is 28.5 Å². The molecular formula is C10H11F2NO2S.